The zero-order chi connectivity index (χ0) is 52.6. The molecular weight excluding hydrogens is 962 g/mol. The molecule has 5 N–H and O–H groups in total. The van der Waals surface area contributed by atoms with Gasteiger partial charge in [-0.3, -0.25) is 58.1 Å². The van der Waals surface area contributed by atoms with Crippen LogP contribution in [-0.2, 0) is 24.0 Å². The first-order chi connectivity index (χ1) is 35.7. The topological polar surface area (TPSA) is 278 Å². The Kier molecular flexibility index (Phi) is 19.9. The van der Waals surface area contributed by atoms with Crippen molar-refractivity contribution in [2.45, 2.75) is 25.3 Å². The number of carboxylic acid groups (broad SMARTS) is 2. The van der Waals surface area contributed by atoms with Crippen molar-refractivity contribution in [3.05, 3.63) is 65.9 Å². The van der Waals surface area contributed by atoms with Crippen LogP contribution in [0, 0.1) is 29.1 Å². The lowest BCUT2D eigenvalue weighted by molar-refractivity contribution is -0.139. The Hall–Kier alpha value is -6.91. The summed E-state index contributed by atoms with van der Waals surface area (Å²) in [6.45, 7) is 6.92. The lowest BCUT2D eigenvalue weighted by Crippen LogP contribution is -2.50. The number of fused-ring (bicyclic) bond motifs is 2. The number of nitriles is 1. The van der Waals surface area contributed by atoms with Crippen LogP contribution in [0.4, 0.5) is 4.39 Å². The highest BCUT2D eigenvalue weighted by Gasteiger charge is 2.41. The van der Waals surface area contributed by atoms with Gasteiger partial charge in [-0.2, -0.15) is 9.65 Å². The molecule has 5 amide bonds. The molecule has 0 aliphatic carbocycles. The Morgan fingerprint density at radius 1 is 0.703 bits per heavy atom. The minimum Gasteiger partial charge on any atom is -0.494 e. The van der Waals surface area contributed by atoms with Gasteiger partial charge in [0.25, 0.3) is 11.8 Å². The first kappa shape index (κ1) is 54.9. The average Bonchev–Trinajstić information content (AvgIpc) is 4.13. The summed E-state index contributed by atoms with van der Waals surface area (Å²) >= 11 is 0. The molecule has 6 heterocycles. The summed E-state index contributed by atoms with van der Waals surface area (Å²) in [4.78, 5) is 110. The van der Waals surface area contributed by atoms with Crippen molar-refractivity contribution in [3.63, 3.8) is 0 Å². The molecule has 7 rings (SSSR count). The van der Waals surface area contributed by atoms with Gasteiger partial charge >= 0.3 is 11.9 Å². The third-order valence-corrected chi connectivity index (χ3v) is 14.0. The molecule has 4 fully saturated rings. The zero-order valence-electron chi connectivity index (χ0n) is 41.5. The van der Waals surface area contributed by atoms with Crippen LogP contribution in [0.1, 0.15) is 40.0 Å². The van der Waals surface area contributed by atoms with Gasteiger partial charge in [0.05, 0.1) is 62.0 Å². The Labute approximate surface area is 428 Å². The van der Waals surface area contributed by atoms with Crippen molar-refractivity contribution in [1.29, 1.82) is 5.26 Å². The van der Waals surface area contributed by atoms with Crippen LogP contribution in [0.5, 0.6) is 5.75 Å². The molecule has 0 bridgehead atoms. The van der Waals surface area contributed by atoms with E-state index in [-0.39, 0.29) is 69.1 Å². The van der Waals surface area contributed by atoms with Crippen LogP contribution in [0.15, 0.2) is 48.8 Å². The van der Waals surface area contributed by atoms with Gasteiger partial charge in [-0.1, -0.05) is 0 Å². The second-order valence-corrected chi connectivity index (χ2v) is 19.2. The number of benzene rings is 1. The minimum atomic E-state index is -1.01. The Morgan fingerprint density at radius 3 is 1.96 bits per heavy atom. The molecule has 24 heteroatoms. The van der Waals surface area contributed by atoms with E-state index in [1.807, 2.05) is 20.8 Å². The summed E-state index contributed by atoms with van der Waals surface area (Å²) in [5.74, 6) is -3.06. The molecule has 0 spiro atoms. The molecule has 74 heavy (non-hydrogen) atoms. The Morgan fingerprint density at radius 2 is 1.34 bits per heavy atom. The number of ether oxygens (including phenoxy) is 1. The first-order valence-electron chi connectivity index (χ1n) is 25.2. The molecule has 0 radical (unpaired) electrons. The molecule has 2 aromatic heterocycles. The zero-order valence-corrected chi connectivity index (χ0v) is 41.5. The predicted molar refractivity (Wildman–Crippen MR) is 265 cm³/mol. The number of rotatable bonds is 20. The fourth-order valence-electron chi connectivity index (χ4n) is 10.1. The minimum absolute atomic E-state index is 0.0271. The second kappa shape index (κ2) is 26.9. The number of halogens is 1. The lowest BCUT2D eigenvalue weighted by Gasteiger charge is -2.33. The number of nitrogens with zero attached hydrogens (tertiary/aromatic N) is 10. The van der Waals surface area contributed by atoms with Crippen LogP contribution < -0.4 is 20.7 Å². The van der Waals surface area contributed by atoms with Crippen LogP contribution in [0.25, 0.3) is 10.9 Å². The van der Waals surface area contributed by atoms with Gasteiger partial charge < -0.3 is 45.6 Å². The number of carbonyl (C=O) groups excluding carboxylic acids is 5. The Bertz CT molecular complexity index is 2470. The third kappa shape index (κ3) is 16.0. The number of pyridine rings is 2. The van der Waals surface area contributed by atoms with E-state index in [9.17, 15) is 53.4 Å². The van der Waals surface area contributed by atoms with Gasteiger partial charge in [0.2, 0.25) is 23.7 Å². The van der Waals surface area contributed by atoms with E-state index in [4.69, 9.17) is 4.74 Å². The maximum Gasteiger partial charge on any atom is 0.317 e. The van der Waals surface area contributed by atoms with Crippen LogP contribution in [0.3, 0.4) is 0 Å². The van der Waals surface area contributed by atoms with E-state index in [1.54, 1.807) is 34.2 Å². The van der Waals surface area contributed by atoms with Crippen molar-refractivity contribution >= 4 is 52.4 Å². The molecule has 4 saturated heterocycles. The van der Waals surface area contributed by atoms with Crippen LogP contribution >= 0.6 is 0 Å². The maximum atomic E-state index is 13.9. The highest BCUT2D eigenvalue weighted by atomic mass is 19.1. The lowest BCUT2D eigenvalue weighted by atomic mass is 10.0. The Balaban J connectivity index is 0.841. The molecular formula is C50H66FN13O10. The highest BCUT2D eigenvalue weighted by molar-refractivity contribution is 6.07. The summed E-state index contributed by atoms with van der Waals surface area (Å²) in [5, 5.41) is 37.6. The number of aliphatic carboxylic acids is 2. The third-order valence-electron chi connectivity index (χ3n) is 14.0. The van der Waals surface area contributed by atoms with E-state index in [0.717, 1.165) is 44.7 Å². The maximum absolute atomic E-state index is 13.9. The quantitative estimate of drug-likeness (QED) is 0.0678. The summed E-state index contributed by atoms with van der Waals surface area (Å²) < 4.78 is 19.2. The number of carboxylic acids is 2. The van der Waals surface area contributed by atoms with Gasteiger partial charge in [0.1, 0.15) is 11.8 Å². The molecule has 4 aliphatic rings. The number of nitrogens with one attached hydrogen (secondary N) is 3. The van der Waals surface area contributed by atoms with Gasteiger partial charge in [-0.15, -0.1) is 0 Å². The van der Waals surface area contributed by atoms with Crippen molar-refractivity contribution in [1.82, 2.24) is 60.2 Å². The summed E-state index contributed by atoms with van der Waals surface area (Å²) in [6, 6.07) is 11.0. The van der Waals surface area contributed by atoms with E-state index < -0.39 is 35.7 Å². The van der Waals surface area contributed by atoms with E-state index in [1.165, 1.54) is 11.0 Å². The monoisotopic (exact) mass is 1030 g/mol. The van der Waals surface area contributed by atoms with Gasteiger partial charge in [0, 0.05) is 122 Å². The number of carbonyl (C=O) groups is 7. The van der Waals surface area contributed by atoms with E-state index >= 15 is 0 Å². The number of aromatic nitrogens is 2. The van der Waals surface area contributed by atoms with Crippen molar-refractivity contribution in [2.75, 3.05) is 144 Å². The molecule has 1 aromatic carbocycles. The molecule has 398 valence electrons. The smallest absolute Gasteiger partial charge is 0.317 e. The largest absolute Gasteiger partial charge is 0.494 e. The van der Waals surface area contributed by atoms with Gasteiger partial charge in [0.15, 0.2) is 0 Å². The molecule has 3 aromatic rings. The number of amides is 5. The standard InChI is InChI=1S/C50H66FN13O10/c51-43-7-4-35(25-56-43)49(72)55-11-10-54-44(65)31-58-14-18-60(33-47(68)69)20-16-59(17-21-61(19-15-58)34-48(70)71)32-46(67)63-29-36-27-62(28-37(36)30-63)12-2-22-74-39-5-6-42-41(23-39)40(8-9-53-42)50(73)57-26-45(66)64-13-1-3-38(64)24-52/h4-9,23,25,36-38H,1-3,10-22,26-34H2,(H,54,65)(H,55,72)(H,57,73)(H,68,69)(H,70,71)/t36?,37?,38-/m0/s1. The van der Waals surface area contributed by atoms with Crippen molar-refractivity contribution < 1.29 is 52.9 Å². The highest BCUT2D eigenvalue weighted by Crippen LogP contribution is 2.31. The summed E-state index contributed by atoms with van der Waals surface area (Å²) in [7, 11) is 0. The fraction of sp³-hybridized carbons (Fsp3) is 0.560. The van der Waals surface area contributed by atoms with Crippen LogP contribution in [-0.4, -0.2) is 246 Å². The van der Waals surface area contributed by atoms with Crippen molar-refractivity contribution in [3.8, 4) is 11.8 Å². The van der Waals surface area contributed by atoms with Crippen LogP contribution in [0.2, 0.25) is 0 Å². The average molecular weight is 1030 g/mol. The van der Waals surface area contributed by atoms with E-state index in [2.05, 4.69) is 36.9 Å². The van der Waals surface area contributed by atoms with Gasteiger partial charge in [-0.05, 0) is 67.5 Å². The molecule has 23 nitrogen and oxygen atoms in total. The first-order valence-corrected chi connectivity index (χ1v) is 25.2. The fourth-order valence-corrected chi connectivity index (χ4v) is 10.1. The molecule has 4 aliphatic heterocycles. The molecule has 2 unspecified atom stereocenters. The second-order valence-electron chi connectivity index (χ2n) is 19.2. The number of hydrogen-bond acceptors (Lipinski definition) is 16. The molecule has 3 atom stereocenters. The number of likely N-dealkylation sites (tertiary alicyclic amines) is 3. The van der Waals surface area contributed by atoms with Crippen molar-refractivity contribution in [2.24, 2.45) is 11.8 Å². The SMILES string of the molecule is N#C[C@@H]1CCCN1C(=O)CNC(=O)c1ccnc2ccc(OCCCN3CC4CN(C(=O)CN5CCN(CC(=O)O)CCN(CC(=O)NCCNC(=O)c6ccc(F)nc6)CCN(CC(=O)O)CC5)CC4C3)cc12. The summed E-state index contributed by atoms with van der Waals surface area (Å²) in [6.07, 6.45) is 4.80. The van der Waals surface area contributed by atoms with Gasteiger partial charge in [-0.25, -0.2) is 4.98 Å². The summed E-state index contributed by atoms with van der Waals surface area (Å²) in [5.41, 5.74) is 1.15. The molecule has 0 saturated carbocycles. The number of hydrogen-bond donors (Lipinski definition) is 5. The van der Waals surface area contributed by atoms with E-state index in [0.29, 0.717) is 119 Å². The predicted octanol–water partition coefficient (Wildman–Crippen LogP) is -0.891. The normalized spacial score (nSPS) is 20.5.